The minimum absolute atomic E-state index is 0.292. The number of nitrogens with one attached hydrogen (secondary N) is 1. The molecular weight excluding hydrogens is 259 g/mol. The second-order valence-corrected chi connectivity index (χ2v) is 4.68. The van der Waals surface area contributed by atoms with Crippen molar-refractivity contribution in [3.8, 4) is 0 Å². The van der Waals surface area contributed by atoms with E-state index in [4.69, 9.17) is 0 Å². The zero-order valence-electron chi connectivity index (χ0n) is 10.9. The molecule has 104 valence electrons. The van der Waals surface area contributed by atoms with Crippen LogP contribution < -0.4 is 10.2 Å². The van der Waals surface area contributed by atoms with Crippen LogP contribution in [0.1, 0.15) is 12.8 Å². The maximum absolute atomic E-state index is 12.7. The highest BCUT2D eigenvalue weighted by atomic mass is 19.1. The topological polar surface area (TPSA) is 66.8 Å². The predicted octanol–water partition coefficient (Wildman–Crippen LogP) is 1.49. The van der Waals surface area contributed by atoms with Gasteiger partial charge in [-0.1, -0.05) is 0 Å². The standard InChI is InChI=1S/C13H15FN6/c14-10-8-17-12(18-9-10)19-11-2-6-20(7-3-11)13-15-4-1-5-16-13/h1,4-5,8-9,11H,2-3,6-7H2,(H,17,18,19). The largest absolute Gasteiger partial charge is 0.351 e. The molecule has 0 radical (unpaired) electrons. The molecule has 6 nitrogen and oxygen atoms in total. The van der Waals surface area contributed by atoms with Gasteiger partial charge < -0.3 is 10.2 Å². The third-order valence-corrected chi connectivity index (χ3v) is 3.28. The molecule has 0 spiro atoms. The van der Waals surface area contributed by atoms with Gasteiger partial charge in [-0.05, 0) is 18.9 Å². The van der Waals surface area contributed by atoms with E-state index >= 15 is 0 Å². The predicted molar refractivity (Wildman–Crippen MR) is 72.9 cm³/mol. The number of rotatable bonds is 3. The van der Waals surface area contributed by atoms with E-state index in [1.807, 2.05) is 6.07 Å². The molecule has 3 rings (SSSR count). The van der Waals surface area contributed by atoms with Crippen molar-refractivity contribution in [3.05, 3.63) is 36.7 Å². The quantitative estimate of drug-likeness (QED) is 0.914. The summed E-state index contributed by atoms with van der Waals surface area (Å²) in [4.78, 5) is 18.5. The number of nitrogens with zero attached hydrogens (tertiary/aromatic N) is 5. The van der Waals surface area contributed by atoms with Gasteiger partial charge in [-0.25, -0.2) is 24.3 Å². The van der Waals surface area contributed by atoms with Crippen molar-refractivity contribution < 1.29 is 4.39 Å². The number of hydrogen-bond acceptors (Lipinski definition) is 6. The van der Waals surface area contributed by atoms with Gasteiger partial charge in [0.05, 0.1) is 12.4 Å². The van der Waals surface area contributed by atoms with E-state index in [-0.39, 0.29) is 0 Å². The Bertz CT molecular complexity index is 539. The minimum Gasteiger partial charge on any atom is -0.351 e. The van der Waals surface area contributed by atoms with Gasteiger partial charge in [0.2, 0.25) is 11.9 Å². The molecule has 0 amide bonds. The van der Waals surface area contributed by atoms with Gasteiger partial charge in [-0.2, -0.15) is 0 Å². The smallest absolute Gasteiger partial charge is 0.225 e. The third kappa shape index (κ3) is 2.98. The summed E-state index contributed by atoms with van der Waals surface area (Å²) >= 11 is 0. The lowest BCUT2D eigenvalue weighted by Gasteiger charge is -2.32. The van der Waals surface area contributed by atoms with Crippen LogP contribution in [0.25, 0.3) is 0 Å². The van der Waals surface area contributed by atoms with Gasteiger partial charge in [-0.3, -0.25) is 0 Å². The molecule has 2 aromatic rings. The fraction of sp³-hybridized carbons (Fsp3) is 0.385. The van der Waals surface area contributed by atoms with E-state index in [1.165, 1.54) is 12.4 Å². The summed E-state index contributed by atoms with van der Waals surface area (Å²) in [6.07, 6.45) is 7.72. The highest BCUT2D eigenvalue weighted by Crippen LogP contribution is 2.17. The van der Waals surface area contributed by atoms with Crippen LogP contribution in [0, 0.1) is 5.82 Å². The van der Waals surface area contributed by atoms with Crippen LogP contribution in [0.2, 0.25) is 0 Å². The van der Waals surface area contributed by atoms with Crippen molar-refractivity contribution in [2.45, 2.75) is 18.9 Å². The zero-order valence-corrected chi connectivity index (χ0v) is 10.9. The van der Waals surface area contributed by atoms with Crippen molar-refractivity contribution >= 4 is 11.9 Å². The average Bonchev–Trinajstić information content (AvgIpc) is 2.51. The maximum atomic E-state index is 12.7. The molecule has 0 atom stereocenters. The molecule has 1 N–H and O–H groups in total. The number of anilines is 2. The molecule has 7 heteroatoms. The first-order chi connectivity index (χ1) is 9.81. The second-order valence-electron chi connectivity index (χ2n) is 4.68. The lowest BCUT2D eigenvalue weighted by Crippen LogP contribution is -2.40. The van der Waals surface area contributed by atoms with Crippen LogP contribution in [0.4, 0.5) is 16.3 Å². The number of piperidine rings is 1. The Kier molecular flexibility index (Phi) is 3.67. The Morgan fingerprint density at radius 1 is 1.05 bits per heavy atom. The van der Waals surface area contributed by atoms with E-state index in [9.17, 15) is 4.39 Å². The van der Waals surface area contributed by atoms with Crippen molar-refractivity contribution in [1.82, 2.24) is 19.9 Å². The molecule has 1 aliphatic rings. The van der Waals surface area contributed by atoms with Crippen LogP contribution in [-0.2, 0) is 0 Å². The van der Waals surface area contributed by atoms with E-state index in [1.54, 1.807) is 12.4 Å². The highest BCUT2D eigenvalue weighted by molar-refractivity contribution is 5.31. The molecule has 1 saturated heterocycles. The Morgan fingerprint density at radius 3 is 2.35 bits per heavy atom. The zero-order chi connectivity index (χ0) is 13.8. The molecule has 0 bridgehead atoms. The fourth-order valence-corrected chi connectivity index (χ4v) is 2.25. The van der Waals surface area contributed by atoms with Crippen LogP contribution in [0.3, 0.4) is 0 Å². The second kappa shape index (κ2) is 5.77. The van der Waals surface area contributed by atoms with Crippen molar-refractivity contribution in [2.24, 2.45) is 0 Å². The maximum Gasteiger partial charge on any atom is 0.225 e. The summed E-state index contributed by atoms with van der Waals surface area (Å²) < 4.78 is 12.7. The van der Waals surface area contributed by atoms with Crippen molar-refractivity contribution in [3.63, 3.8) is 0 Å². The third-order valence-electron chi connectivity index (χ3n) is 3.28. The number of hydrogen-bond donors (Lipinski definition) is 1. The molecule has 1 aliphatic heterocycles. The Balaban J connectivity index is 1.55. The van der Waals surface area contributed by atoms with Gasteiger partial charge in [-0.15, -0.1) is 0 Å². The van der Waals surface area contributed by atoms with Crippen LogP contribution in [0.5, 0.6) is 0 Å². The first-order valence-corrected chi connectivity index (χ1v) is 6.57. The summed E-state index contributed by atoms with van der Waals surface area (Å²) in [6, 6.07) is 2.10. The first-order valence-electron chi connectivity index (χ1n) is 6.57. The first kappa shape index (κ1) is 12.7. The molecule has 0 unspecified atom stereocenters. The summed E-state index contributed by atoms with van der Waals surface area (Å²) in [7, 11) is 0. The molecule has 1 fully saturated rings. The summed E-state index contributed by atoms with van der Waals surface area (Å²) in [6.45, 7) is 1.76. The normalized spacial score (nSPS) is 16.1. The van der Waals surface area contributed by atoms with Gasteiger partial charge >= 0.3 is 0 Å². The van der Waals surface area contributed by atoms with Gasteiger partial charge in [0.1, 0.15) is 0 Å². The van der Waals surface area contributed by atoms with Crippen LogP contribution >= 0.6 is 0 Å². The molecule has 3 heterocycles. The summed E-state index contributed by atoms with van der Waals surface area (Å²) in [5, 5.41) is 3.22. The monoisotopic (exact) mass is 274 g/mol. The molecule has 0 aliphatic carbocycles. The Labute approximate surface area is 116 Å². The van der Waals surface area contributed by atoms with Crippen molar-refractivity contribution in [2.75, 3.05) is 23.3 Å². The molecule has 0 saturated carbocycles. The molecular formula is C13H15FN6. The molecule has 20 heavy (non-hydrogen) atoms. The highest BCUT2D eigenvalue weighted by Gasteiger charge is 2.21. The lowest BCUT2D eigenvalue weighted by molar-refractivity contribution is 0.516. The molecule has 0 aromatic carbocycles. The Morgan fingerprint density at radius 2 is 1.70 bits per heavy atom. The van der Waals surface area contributed by atoms with Crippen molar-refractivity contribution in [1.29, 1.82) is 0 Å². The minimum atomic E-state index is -0.424. The van der Waals surface area contributed by atoms with E-state index in [0.717, 1.165) is 31.9 Å². The fourth-order valence-electron chi connectivity index (χ4n) is 2.25. The van der Waals surface area contributed by atoms with Gasteiger partial charge in [0.15, 0.2) is 5.82 Å². The van der Waals surface area contributed by atoms with E-state index in [0.29, 0.717) is 12.0 Å². The summed E-state index contributed by atoms with van der Waals surface area (Å²) in [5.74, 6) is 0.816. The van der Waals surface area contributed by atoms with E-state index < -0.39 is 5.82 Å². The van der Waals surface area contributed by atoms with E-state index in [2.05, 4.69) is 30.2 Å². The van der Waals surface area contributed by atoms with Gasteiger partial charge in [0.25, 0.3) is 0 Å². The average molecular weight is 274 g/mol. The van der Waals surface area contributed by atoms with Crippen LogP contribution in [0.15, 0.2) is 30.9 Å². The molecule has 2 aromatic heterocycles. The summed E-state index contributed by atoms with van der Waals surface area (Å²) in [5.41, 5.74) is 0. The Hall–Kier alpha value is -2.31. The van der Waals surface area contributed by atoms with Gasteiger partial charge in [0, 0.05) is 31.5 Å². The SMILES string of the molecule is Fc1cnc(NC2CCN(c3ncccn3)CC2)nc1. The number of halogens is 1. The lowest BCUT2D eigenvalue weighted by atomic mass is 10.1. The van der Waals surface area contributed by atoms with Crippen LogP contribution in [-0.4, -0.2) is 39.1 Å². The number of aromatic nitrogens is 4.